The third-order valence-electron chi connectivity index (χ3n) is 4.28. The lowest BCUT2D eigenvalue weighted by Crippen LogP contribution is -1.95. The van der Waals surface area contributed by atoms with Gasteiger partial charge in [-0.2, -0.15) is 20.0 Å². The summed E-state index contributed by atoms with van der Waals surface area (Å²) in [5, 5.41) is 15.7. The quantitative estimate of drug-likeness (QED) is 0.390. The van der Waals surface area contributed by atoms with E-state index >= 15 is 0 Å². The van der Waals surface area contributed by atoms with Gasteiger partial charge < -0.3 is 9.47 Å². The zero-order valence-corrected chi connectivity index (χ0v) is 16.6. The molecular weight excluding hydrogens is 388 g/mol. The molecule has 146 valence electrons. The van der Waals surface area contributed by atoms with Gasteiger partial charge in [0.05, 0.1) is 26.1 Å². The fourth-order valence-electron chi connectivity index (χ4n) is 2.85. The Morgan fingerprint density at radius 2 is 1.86 bits per heavy atom. The van der Waals surface area contributed by atoms with Crippen molar-refractivity contribution in [2.24, 2.45) is 5.10 Å². The van der Waals surface area contributed by atoms with Gasteiger partial charge in [-0.05, 0) is 42.5 Å². The Balaban J connectivity index is 1.83. The third kappa shape index (κ3) is 3.81. The summed E-state index contributed by atoms with van der Waals surface area (Å²) < 4.78 is 14.5. The van der Waals surface area contributed by atoms with Crippen LogP contribution in [0, 0.1) is 4.77 Å². The molecule has 0 bridgehead atoms. The first-order valence-corrected chi connectivity index (χ1v) is 9.14. The highest BCUT2D eigenvalue weighted by Crippen LogP contribution is 2.33. The molecule has 0 radical (unpaired) electrons. The number of aromatic nitrogens is 5. The van der Waals surface area contributed by atoms with Crippen molar-refractivity contribution in [3.05, 3.63) is 71.4 Å². The molecule has 2 heterocycles. The van der Waals surface area contributed by atoms with E-state index in [0.29, 0.717) is 16.3 Å². The van der Waals surface area contributed by atoms with Crippen LogP contribution in [-0.4, -0.2) is 45.1 Å². The minimum Gasteiger partial charge on any atom is -0.493 e. The van der Waals surface area contributed by atoms with Gasteiger partial charge in [-0.25, -0.2) is 4.68 Å². The molecule has 4 aromatic rings. The maximum Gasteiger partial charge on any atom is 0.216 e. The highest BCUT2D eigenvalue weighted by Gasteiger charge is 2.14. The van der Waals surface area contributed by atoms with Gasteiger partial charge in [0.2, 0.25) is 4.77 Å². The van der Waals surface area contributed by atoms with Crippen LogP contribution >= 0.6 is 12.2 Å². The van der Waals surface area contributed by atoms with E-state index < -0.39 is 0 Å². The van der Waals surface area contributed by atoms with Crippen LogP contribution in [0.15, 0.2) is 66.2 Å². The molecule has 0 atom stereocenters. The smallest absolute Gasteiger partial charge is 0.216 e. The number of rotatable bonds is 6. The van der Waals surface area contributed by atoms with Crippen molar-refractivity contribution < 1.29 is 9.47 Å². The summed E-state index contributed by atoms with van der Waals surface area (Å²) in [6, 6.07) is 15.5. The SMILES string of the molecule is COc1ccc(-c2nn(-c3ccccc3)cc2/C=N\n2cn[nH]c2=S)cc1OC. The Bertz CT molecular complexity index is 1210. The van der Waals surface area contributed by atoms with E-state index in [1.165, 1.54) is 11.0 Å². The van der Waals surface area contributed by atoms with Crippen molar-refractivity contribution in [1.29, 1.82) is 0 Å². The number of H-pyrrole nitrogens is 1. The van der Waals surface area contributed by atoms with Gasteiger partial charge >= 0.3 is 0 Å². The summed E-state index contributed by atoms with van der Waals surface area (Å²) in [6.45, 7) is 0. The number of methoxy groups -OCH3 is 2. The number of benzene rings is 2. The molecule has 29 heavy (non-hydrogen) atoms. The van der Waals surface area contributed by atoms with E-state index in [1.54, 1.807) is 20.4 Å². The largest absolute Gasteiger partial charge is 0.493 e. The first kappa shape index (κ1) is 18.6. The zero-order valence-electron chi connectivity index (χ0n) is 15.8. The summed E-state index contributed by atoms with van der Waals surface area (Å²) in [5.74, 6) is 1.28. The summed E-state index contributed by atoms with van der Waals surface area (Å²) in [5.41, 5.74) is 3.36. The van der Waals surface area contributed by atoms with E-state index in [1.807, 2.05) is 59.4 Å². The van der Waals surface area contributed by atoms with Crippen molar-refractivity contribution in [1.82, 2.24) is 24.7 Å². The topological polar surface area (TPSA) is 82.2 Å². The second kappa shape index (κ2) is 8.11. The normalized spacial score (nSPS) is 11.1. The van der Waals surface area contributed by atoms with Crippen LogP contribution < -0.4 is 9.47 Å². The van der Waals surface area contributed by atoms with Crippen molar-refractivity contribution in [3.8, 4) is 28.4 Å². The van der Waals surface area contributed by atoms with Crippen molar-refractivity contribution >= 4 is 18.4 Å². The lowest BCUT2D eigenvalue weighted by atomic mass is 10.1. The predicted octanol–water partition coefficient (Wildman–Crippen LogP) is 3.69. The predicted molar refractivity (Wildman–Crippen MR) is 113 cm³/mol. The minimum absolute atomic E-state index is 0.407. The molecule has 8 nitrogen and oxygen atoms in total. The van der Waals surface area contributed by atoms with Gasteiger partial charge in [0.15, 0.2) is 11.5 Å². The second-order valence-corrected chi connectivity index (χ2v) is 6.42. The number of hydrogen-bond acceptors (Lipinski definition) is 6. The van der Waals surface area contributed by atoms with Crippen LogP contribution in [0.1, 0.15) is 5.56 Å². The maximum atomic E-state index is 5.44. The summed E-state index contributed by atoms with van der Waals surface area (Å²) in [6.07, 6.45) is 5.12. The van der Waals surface area contributed by atoms with E-state index in [2.05, 4.69) is 15.3 Å². The highest BCUT2D eigenvalue weighted by molar-refractivity contribution is 7.71. The Morgan fingerprint density at radius 1 is 1.07 bits per heavy atom. The average molecular weight is 406 g/mol. The minimum atomic E-state index is 0.407. The fourth-order valence-corrected chi connectivity index (χ4v) is 3.00. The number of nitrogens with zero attached hydrogens (tertiary/aromatic N) is 5. The van der Waals surface area contributed by atoms with Gasteiger partial charge in [-0.1, -0.05) is 18.2 Å². The third-order valence-corrected chi connectivity index (χ3v) is 4.56. The molecule has 9 heteroatoms. The van der Waals surface area contributed by atoms with Gasteiger partial charge in [0.1, 0.15) is 12.0 Å². The molecule has 0 aliphatic carbocycles. The second-order valence-electron chi connectivity index (χ2n) is 6.03. The molecule has 4 rings (SSSR count). The molecule has 0 fully saturated rings. The molecule has 0 spiro atoms. The van der Waals surface area contributed by atoms with Gasteiger partial charge in [0, 0.05) is 17.3 Å². The highest BCUT2D eigenvalue weighted by atomic mass is 32.1. The van der Waals surface area contributed by atoms with Crippen LogP contribution in [-0.2, 0) is 0 Å². The molecule has 0 aliphatic rings. The Labute approximate surface area is 172 Å². The summed E-state index contributed by atoms with van der Waals surface area (Å²) in [4.78, 5) is 0. The van der Waals surface area contributed by atoms with Gasteiger partial charge in [-0.3, -0.25) is 5.10 Å². The van der Waals surface area contributed by atoms with Crippen molar-refractivity contribution in [3.63, 3.8) is 0 Å². The van der Waals surface area contributed by atoms with E-state index in [-0.39, 0.29) is 0 Å². The van der Waals surface area contributed by atoms with E-state index in [0.717, 1.165) is 22.5 Å². The van der Waals surface area contributed by atoms with Crippen LogP contribution in [0.5, 0.6) is 11.5 Å². The molecule has 0 amide bonds. The Morgan fingerprint density at radius 3 is 2.55 bits per heavy atom. The Hall–Kier alpha value is -3.72. The number of ether oxygens (including phenoxy) is 2. The number of hydrogen-bond donors (Lipinski definition) is 1. The summed E-state index contributed by atoms with van der Waals surface area (Å²) >= 11 is 5.15. The molecule has 2 aromatic heterocycles. The molecule has 0 unspecified atom stereocenters. The van der Waals surface area contributed by atoms with Crippen molar-refractivity contribution in [2.75, 3.05) is 14.2 Å². The molecule has 2 aromatic carbocycles. The molecule has 0 saturated heterocycles. The lowest BCUT2D eigenvalue weighted by Gasteiger charge is -2.09. The standard InChI is InChI=1S/C20H18N6O2S/c1-27-17-9-8-14(10-18(17)28-2)19-15(11-22-26-13-21-23-20(26)29)12-25(24-19)16-6-4-3-5-7-16/h3-13H,1-2H3,(H,23,29)/b22-11-. The zero-order chi connectivity index (χ0) is 20.2. The average Bonchev–Trinajstić information content (AvgIpc) is 3.38. The van der Waals surface area contributed by atoms with Crippen LogP contribution in [0.25, 0.3) is 16.9 Å². The van der Waals surface area contributed by atoms with Crippen LogP contribution in [0.2, 0.25) is 0 Å². The fraction of sp³-hybridized carbons (Fsp3) is 0.100. The molecular formula is C20H18N6O2S. The number of nitrogens with one attached hydrogen (secondary N) is 1. The number of para-hydroxylation sites is 1. The maximum absolute atomic E-state index is 5.44. The lowest BCUT2D eigenvalue weighted by molar-refractivity contribution is 0.355. The molecule has 1 N–H and O–H groups in total. The first-order chi connectivity index (χ1) is 14.2. The van der Waals surface area contributed by atoms with Crippen molar-refractivity contribution in [2.45, 2.75) is 0 Å². The molecule has 0 saturated carbocycles. The Kier molecular flexibility index (Phi) is 5.21. The van der Waals surface area contributed by atoms with Crippen LogP contribution in [0.3, 0.4) is 0 Å². The van der Waals surface area contributed by atoms with Crippen LogP contribution in [0.4, 0.5) is 0 Å². The van der Waals surface area contributed by atoms with E-state index in [9.17, 15) is 0 Å². The molecule has 0 aliphatic heterocycles. The summed E-state index contributed by atoms with van der Waals surface area (Å²) in [7, 11) is 3.21. The monoisotopic (exact) mass is 406 g/mol. The number of aromatic amines is 1. The first-order valence-electron chi connectivity index (χ1n) is 8.73. The van der Waals surface area contributed by atoms with Gasteiger partial charge in [-0.15, -0.1) is 0 Å². The van der Waals surface area contributed by atoms with Gasteiger partial charge in [0.25, 0.3) is 0 Å². The van der Waals surface area contributed by atoms with E-state index in [4.69, 9.17) is 26.8 Å².